The van der Waals surface area contributed by atoms with Crippen molar-refractivity contribution in [2.75, 3.05) is 19.7 Å². The van der Waals surface area contributed by atoms with E-state index in [2.05, 4.69) is 82.3 Å². The van der Waals surface area contributed by atoms with E-state index in [0.717, 1.165) is 61.3 Å². The Morgan fingerprint density at radius 2 is 1.84 bits per heavy atom. The highest BCUT2D eigenvalue weighted by Crippen LogP contribution is 2.35. The van der Waals surface area contributed by atoms with Crippen molar-refractivity contribution in [3.63, 3.8) is 0 Å². The summed E-state index contributed by atoms with van der Waals surface area (Å²) in [6, 6.07) is 29.5. The normalized spacial score (nSPS) is 17.7. The number of amides is 1. The lowest BCUT2D eigenvalue weighted by Crippen LogP contribution is -2.48. The number of aromatic nitrogens is 5. The average molecular weight is 606 g/mol. The van der Waals surface area contributed by atoms with Gasteiger partial charge in [-0.15, -0.1) is 4.68 Å². The largest absolute Gasteiger partial charge is 0.368 e. The van der Waals surface area contributed by atoms with E-state index >= 15 is 0 Å². The van der Waals surface area contributed by atoms with Crippen LogP contribution in [0.4, 0.5) is 0 Å². The number of benzene rings is 3. The number of tetrazole rings is 1. The summed E-state index contributed by atoms with van der Waals surface area (Å²) in [7, 11) is 0. The highest BCUT2D eigenvalue weighted by molar-refractivity contribution is 6.31. The summed E-state index contributed by atoms with van der Waals surface area (Å²) in [6.07, 6.45) is 6.94. The van der Waals surface area contributed by atoms with Crippen LogP contribution < -0.4 is 4.68 Å². The van der Waals surface area contributed by atoms with Gasteiger partial charge in [0.15, 0.2) is 5.21 Å². The van der Waals surface area contributed by atoms with Gasteiger partial charge in [-0.1, -0.05) is 77.5 Å². The first kappa shape index (κ1) is 28.4. The van der Waals surface area contributed by atoms with Gasteiger partial charge in [0.2, 0.25) is 0 Å². The van der Waals surface area contributed by atoms with Crippen LogP contribution >= 0.6 is 11.6 Å². The minimum atomic E-state index is -0.223. The lowest BCUT2D eigenvalue weighted by atomic mass is 9.84. The van der Waals surface area contributed by atoms with Gasteiger partial charge in [0, 0.05) is 53.5 Å². The Morgan fingerprint density at radius 3 is 2.55 bits per heavy atom. The molecule has 2 aliphatic heterocycles. The Labute approximate surface area is 261 Å². The van der Waals surface area contributed by atoms with Crippen molar-refractivity contribution in [3.05, 3.63) is 125 Å². The second-order valence-electron chi connectivity index (χ2n) is 11.6. The molecule has 222 valence electrons. The fraction of sp³-hybridized carbons (Fsp3) is 0.286. The first-order valence-electron chi connectivity index (χ1n) is 15.2. The number of piperidine rings is 1. The summed E-state index contributed by atoms with van der Waals surface area (Å²) in [5.41, 5.74) is 7.62. The fourth-order valence-corrected chi connectivity index (χ4v) is 6.53. The minimum absolute atomic E-state index is 0.0776. The number of halogens is 1. The van der Waals surface area contributed by atoms with Crippen LogP contribution in [0.3, 0.4) is 0 Å². The number of hydrogen-bond acceptors (Lipinski definition) is 5. The first-order chi connectivity index (χ1) is 21.6. The Bertz CT molecular complexity index is 1720. The molecule has 3 aromatic carbocycles. The molecule has 1 amide bonds. The highest BCUT2D eigenvalue weighted by atomic mass is 35.5. The molecular weight excluding hydrogens is 572 g/mol. The quantitative estimate of drug-likeness (QED) is 0.230. The number of H-pyrrole nitrogens is 1. The molecule has 5 aromatic rings. The second kappa shape index (κ2) is 12.7. The highest BCUT2D eigenvalue weighted by Gasteiger charge is 2.33. The second-order valence-corrected chi connectivity index (χ2v) is 12.0. The molecule has 2 saturated heterocycles. The van der Waals surface area contributed by atoms with Crippen LogP contribution in [0.15, 0.2) is 97.5 Å². The van der Waals surface area contributed by atoms with Gasteiger partial charge in [0.25, 0.3) is 12.2 Å². The molecule has 44 heavy (non-hydrogen) atoms. The van der Waals surface area contributed by atoms with Crippen molar-refractivity contribution < 1.29 is 14.2 Å². The topological polar surface area (TPSA) is 87.9 Å². The number of rotatable bonds is 8. The molecule has 2 aliphatic rings. The molecule has 2 atom stereocenters. The number of aromatic amines is 1. The first-order valence-corrected chi connectivity index (χ1v) is 15.6. The van der Waals surface area contributed by atoms with Crippen molar-refractivity contribution in [2.24, 2.45) is 0 Å². The maximum absolute atomic E-state index is 12.7. The van der Waals surface area contributed by atoms with Crippen LogP contribution in [0.25, 0.3) is 16.8 Å². The van der Waals surface area contributed by atoms with Gasteiger partial charge in [0.05, 0.1) is 6.61 Å². The summed E-state index contributed by atoms with van der Waals surface area (Å²) >= 11 is 6.41. The molecule has 2 aromatic heterocycles. The summed E-state index contributed by atoms with van der Waals surface area (Å²) in [5.74, 6) is 0.657. The maximum atomic E-state index is 12.7. The Balaban J connectivity index is 1.16. The molecule has 0 spiro atoms. The third-order valence-corrected chi connectivity index (χ3v) is 9.13. The van der Waals surface area contributed by atoms with Gasteiger partial charge in [-0.25, -0.2) is 0 Å². The van der Waals surface area contributed by atoms with E-state index in [0.29, 0.717) is 17.5 Å². The number of nitrogens with one attached hydrogen (secondary N) is 1. The van der Waals surface area contributed by atoms with E-state index in [1.807, 2.05) is 29.3 Å². The van der Waals surface area contributed by atoms with Gasteiger partial charge in [-0.2, -0.15) is 0 Å². The van der Waals surface area contributed by atoms with Crippen molar-refractivity contribution in [1.82, 2.24) is 25.4 Å². The summed E-state index contributed by atoms with van der Waals surface area (Å²) < 4.78 is 7.19. The van der Waals surface area contributed by atoms with E-state index in [1.54, 1.807) is 11.0 Å². The fourth-order valence-electron chi connectivity index (χ4n) is 6.35. The lowest BCUT2D eigenvalue weighted by Gasteiger charge is -2.36. The van der Waals surface area contributed by atoms with E-state index < -0.39 is 0 Å². The third kappa shape index (κ3) is 6.00. The van der Waals surface area contributed by atoms with Crippen molar-refractivity contribution in [2.45, 2.75) is 43.6 Å². The smallest absolute Gasteiger partial charge is 0.293 e. The monoisotopic (exact) mass is 605 g/mol. The average Bonchev–Trinajstić information content (AvgIpc) is 3.59. The van der Waals surface area contributed by atoms with Gasteiger partial charge in [-0.05, 0) is 66.1 Å². The van der Waals surface area contributed by atoms with Crippen LogP contribution in [-0.4, -0.2) is 57.1 Å². The number of likely N-dealkylation sites (tertiary alicyclic amines) is 1. The molecule has 0 bridgehead atoms. The van der Waals surface area contributed by atoms with E-state index in [1.165, 1.54) is 16.7 Å². The number of pyridine rings is 1. The molecule has 7 rings (SSSR count). The molecule has 1 N–H and O–H groups in total. The molecule has 0 radical (unpaired) electrons. The molecule has 8 nitrogen and oxygen atoms in total. The number of nitrogens with zero attached hydrogens (tertiary/aromatic N) is 5. The van der Waals surface area contributed by atoms with Crippen LogP contribution in [-0.2, 0) is 16.0 Å². The summed E-state index contributed by atoms with van der Waals surface area (Å²) in [6.45, 7) is 2.26. The lowest BCUT2D eigenvalue weighted by molar-refractivity contribution is -0.659. The SMILES string of the molecule is O=C(C1CCO1)N1CCC(c2cccc([C@H](Cc3ccccc3)c3ccc(-c4cc(Cl)ccc4-[n+]4cnn[nH]4)cn3)c2)CC1. The molecule has 1 unspecified atom stereocenters. The van der Waals surface area contributed by atoms with E-state index in [4.69, 9.17) is 21.3 Å². The number of carbonyl (C=O) groups is 1. The molecular formula is C35H34ClN6O2+. The van der Waals surface area contributed by atoms with Crippen molar-refractivity contribution >= 4 is 17.5 Å². The molecule has 0 saturated carbocycles. The van der Waals surface area contributed by atoms with Crippen LogP contribution in [0, 0.1) is 0 Å². The summed E-state index contributed by atoms with van der Waals surface area (Å²) in [4.78, 5) is 19.7. The third-order valence-electron chi connectivity index (χ3n) is 8.90. The Kier molecular flexibility index (Phi) is 8.18. The van der Waals surface area contributed by atoms with E-state index in [9.17, 15) is 4.79 Å². The standard InChI is InChI=1S/C35H33ClN6O2/c36-29-10-12-33(42-23-38-39-40-42)31(21-29)28-9-11-32(37-22-28)30(19-24-5-2-1-3-6-24)27-8-4-7-26(20-27)25-13-16-41(17-14-25)35(43)34-15-18-44-34/h1-12,20-23,25,30,34H,13-19H2/p+1/t30-,34?/m0/s1. The number of hydrogen-bond donors (Lipinski definition) is 1. The van der Waals surface area contributed by atoms with Gasteiger partial charge < -0.3 is 9.64 Å². The maximum Gasteiger partial charge on any atom is 0.293 e. The minimum Gasteiger partial charge on any atom is -0.368 e. The zero-order valence-electron chi connectivity index (χ0n) is 24.3. The van der Waals surface area contributed by atoms with E-state index in [-0.39, 0.29) is 17.9 Å². The van der Waals surface area contributed by atoms with Crippen LogP contribution in [0.2, 0.25) is 5.02 Å². The molecule has 2 fully saturated rings. The van der Waals surface area contributed by atoms with Gasteiger partial charge in [-0.3, -0.25) is 9.78 Å². The Hall–Kier alpha value is -4.40. The van der Waals surface area contributed by atoms with Gasteiger partial charge >= 0.3 is 0 Å². The Morgan fingerprint density at radius 1 is 1.00 bits per heavy atom. The zero-order chi connectivity index (χ0) is 29.9. The molecule has 0 aliphatic carbocycles. The van der Waals surface area contributed by atoms with Crippen molar-refractivity contribution in [1.29, 1.82) is 0 Å². The molecule has 9 heteroatoms. The number of ether oxygens (including phenoxy) is 1. The zero-order valence-corrected chi connectivity index (χ0v) is 25.1. The number of carbonyl (C=O) groups excluding carboxylic acids is 1. The predicted octanol–water partition coefficient (Wildman–Crippen LogP) is 5.67. The van der Waals surface area contributed by atoms with Crippen LogP contribution in [0.1, 0.15) is 53.5 Å². The van der Waals surface area contributed by atoms with Crippen LogP contribution in [0.5, 0.6) is 0 Å². The van der Waals surface area contributed by atoms with Gasteiger partial charge in [0.1, 0.15) is 16.9 Å². The van der Waals surface area contributed by atoms with Crippen molar-refractivity contribution in [3.8, 4) is 16.8 Å². The summed E-state index contributed by atoms with van der Waals surface area (Å²) in [5, 5.41) is 11.3. The predicted molar refractivity (Wildman–Crippen MR) is 167 cm³/mol. The molecule has 4 heterocycles.